The highest BCUT2D eigenvalue weighted by Crippen LogP contribution is 2.21. The highest BCUT2D eigenvalue weighted by atomic mass is 127. The molecule has 2 N–H and O–H groups in total. The second-order valence-corrected chi connectivity index (χ2v) is 8.96. The largest absolute Gasteiger partial charge is 0.491 e. The molecule has 166 valence electrons. The van der Waals surface area contributed by atoms with E-state index in [1.54, 1.807) is 7.05 Å². The number of hydrogen-bond acceptors (Lipinski definition) is 4. The number of nitrogens with zero attached hydrogens (tertiary/aromatic N) is 1. The zero-order valence-corrected chi connectivity index (χ0v) is 20.8. The van der Waals surface area contributed by atoms with Crippen LogP contribution in [0.3, 0.4) is 0 Å². The normalized spacial score (nSPS) is 11.7. The molecule has 0 atom stereocenters. The maximum Gasteiger partial charge on any atom is 0.191 e. The van der Waals surface area contributed by atoms with Gasteiger partial charge in [-0.05, 0) is 44.5 Å². The van der Waals surface area contributed by atoms with Crippen molar-refractivity contribution in [2.75, 3.05) is 19.3 Å². The number of halogens is 2. The molecular formula is C21H29FIN3O3S. The lowest BCUT2D eigenvalue weighted by Gasteiger charge is -2.17. The highest BCUT2D eigenvalue weighted by molar-refractivity contribution is 14.0. The summed E-state index contributed by atoms with van der Waals surface area (Å²) in [5, 5.41) is 6.10. The topological polar surface area (TPSA) is 79.8 Å². The quantitative estimate of drug-likeness (QED) is 0.299. The predicted octanol–water partition coefficient (Wildman–Crippen LogP) is 3.68. The van der Waals surface area contributed by atoms with Crippen LogP contribution in [0, 0.1) is 12.7 Å². The number of aliphatic imine (C=N–C) groups is 1. The molecule has 0 radical (unpaired) electrons. The van der Waals surface area contributed by atoms with E-state index in [1.807, 2.05) is 39.0 Å². The molecule has 30 heavy (non-hydrogen) atoms. The SMILES string of the molecule is CN=C(NCCS(=O)(=O)c1ccccc1F)NCc1ccc(C)cc1OC(C)C.I. The summed E-state index contributed by atoms with van der Waals surface area (Å²) in [6.45, 7) is 6.49. The van der Waals surface area contributed by atoms with Gasteiger partial charge in [-0.1, -0.05) is 24.3 Å². The molecule has 0 aromatic heterocycles. The number of rotatable bonds is 8. The van der Waals surface area contributed by atoms with Gasteiger partial charge in [0.1, 0.15) is 16.5 Å². The van der Waals surface area contributed by atoms with Gasteiger partial charge >= 0.3 is 0 Å². The third-order valence-electron chi connectivity index (χ3n) is 4.09. The first-order valence-electron chi connectivity index (χ1n) is 9.41. The number of hydrogen-bond donors (Lipinski definition) is 2. The summed E-state index contributed by atoms with van der Waals surface area (Å²) in [4.78, 5) is 3.81. The molecule has 0 saturated carbocycles. The van der Waals surface area contributed by atoms with E-state index in [1.165, 1.54) is 18.2 Å². The molecule has 0 amide bonds. The van der Waals surface area contributed by atoms with E-state index in [9.17, 15) is 12.8 Å². The number of aryl methyl sites for hydroxylation is 1. The number of guanidine groups is 1. The average molecular weight is 549 g/mol. The molecule has 0 aliphatic carbocycles. The Morgan fingerprint density at radius 2 is 1.87 bits per heavy atom. The molecule has 0 saturated heterocycles. The molecule has 0 spiro atoms. The minimum atomic E-state index is -3.73. The Labute approximate surface area is 195 Å². The fourth-order valence-corrected chi connectivity index (χ4v) is 3.92. The molecule has 0 aliphatic heterocycles. The molecule has 0 heterocycles. The summed E-state index contributed by atoms with van der Waals surface area (Å²) >= 11 is 0. The predicted molar refractivity (Wildman–Crippen MR) is 129 cm³/mol. The molecule has 0 aliphatic rings. The molecular weight excluding hydrogens is 520 g/mol. The number of ether oxygens (including phenoxy) is 1. The van der Waals surface area contributed by atoms with Crippen LogP contribution < -0.4 is 15.4 Å². The van der Waals surface area contributed by atoms with Gasteiger partial charge in [0, 0.05) is 25.7 Å². The van der Waals surface area contributed by atoms with Crippen molar-refractivity contribution in [3.05, 3.63) is 59.4 Å². The van der Waals surface area contributed by atoms with E-state index >= 15 is 0 Å². The first kappa shape index (κ1) is 26.2. The van der Waals surface area contributed by atoms with Crippen LogP contribution in [0.5, 0.6) is 5.75 Å². The van der Waals surface area contributed by atoms with Gasteiger partial charge in [0.05, 0.1) is 11.9 Å². The Bertz CT molecular complexity index is 966. The van der Waals surface area contributed by atoms with Gasteiger partial charge in [0.25, 0.3) is 0 Å². The Kier molecular flexibility index (Phi) is 10.5. The van der Waals surface area contributed by atoms with E-state index < -0.39 is 15.7 Å². The lowest BCUT2D eigenvalue weighted by atomic mass is 10.1. The van der Waals surface area contributed by atoms with Crippen molar-refractivity contribution in [1.29, 1.82) is 0 Å². The lowest BCUT2D eigenvalue weighted by molar-refractivity contribution is 0.239. The second kappa shape index (κ2) is 12.1. The maximum atomic E-state index is 13.8. The molecule has 6 nitrogen and oxygen atoms in total. The second-order valence-electron chi connectivity index (χ2n) is 6.88. The lowest BCUT2D eigenvalue weighted by Crippen LogP contribution is -2.39. The maximum absolute atomic E-state index is 13.8. The van der Waals surface area contributed by atoms with E-state index in [-0.39, 0.29) is 47.3 Å². The van der Waals surface area contributed by atoms with Crippen LogP contribution in [0.15, 0.2) is 52.4 Å². The summed E-state index contributed by atoms with van der Waals surface area (Å²) < 4.78 is 44.3. The highest BCUT2D eigenvalue weighted by Gasteiger charge is 2.18. The van der Waals surface area contributed by atoms with Gasteiger partial charge in [-0.3, -0.25) is 4.99 Å². The van der Waals surface area contributed by atoms with Gasteiger partial charge in [-0.15, -0.1) is 24.0 Å². The Morgan fingerprint density at radius 3 is 2.50 bits per heavy atom. The van der Waals surface area contributed by atoms with Crippen molar-refractivity contribution in [3.8, 4) is 5.75 Å². The van der Waals surface area contributed by atoms with Crippen molar-refractivity contribution in [1.82, 2.24) is 10.6 Å². The average Bonchev–Trinajstić information content (AvgIpc) is 2.65. The van der Waals surface area contributed by atoms with E-state index in [0.29, 0.717) is 12.5 Å². The van der Waals surface area contributed by atoms with Crippen LogP contribution in [-0.4, -0.2) is 39.8 Å². The van der Waals surface area contributed by atoms with Crippen molar-refractivity contribution >= 4 is 39.8 Å². The van der Waals surface area contributed by atoms with Gasteiger partial charge in [0.2, 0.25) is 0 Å². The Hall–Kier alpha value is -1.88. The Morgan fingerprint density at radius 1 is 1.17 bits per heavy atom. The molecule has 9 heteroatoms. The first-order valence-corrected chi connectivity index (χ1v) is 11.1. The smallest absolute Gasteiger partial charge is 0.191 e. The zero-order valence-electron chi connectivity index (χ0n) is 17.6. The van der Waals surface area contributed by atoms with Gasteiger partial charge in [0.15, 0.2) is 15.8 Å². The molecule has 0 bridgehead atoms. The molecule has 2 aromatic rings. The van der Waals surface area contributed by atoms with E-state index in [0.717, 1.165) is 22.9 Å². The number of benzene rings is 2. The molecule has 0 unspecified atom stereocenters. The van der Waals surface area contributed by atoms with E-state index in [4.69, 9.17) is 4.74 Å². The van der Waals surface area contributed by atoms with E-state index in [2.05, 4.69) is 15.6 Å². The molecule has 0 fully saturated rings. The standard InChI is InChI=1S/C21H28FN3O3S.HI/c1-15(2)28-19-13-16(3)9-10-17(19)14-25-21(23-4)24-11-12-29(26,27)20-8-6-5-7-18(20)22;/h5-10,13,15H,11-12,14H2,1-4H3,(H2,23,24,25);1H. The molecule has 2 aromatic carbocycles. The van der Waals surface area contributed by atoms with Crippen LogP contribution >= 0.6 is 24.0 Å². The van der Waals surface area contributed by atoms with Crippen molar-refractivity contribution in [3.63, 3.8) is 0 Å². The fourth-order valence-electron chi connectivity index (χ4n) is 2.68. The Balaban J connectivity index is 0.00000450. The summed E-state index contributed by atoms with van der Waals surface area (Å²) in [5.74, 6) is 0.253. The van der Waals surface area contributed by atoms with Crippen LogP contribution in [0.2, 0.25) is 0 Å². The van der Waals surface area contributed by atoms with Crippen LogP contribution in [0.1, 0.15) is 25.0 Å². The fraction of sp³-hybridized carbons (Fsp3) is 0.381. The monoisotopic (exact) mass is 549 g/mol. The van der Waals surface area contributed by atoms with Gasteiger partial charge in [-0.2, -0.15) is 0 Å². The van der Waals surface area contributed by atoms with Crippen LogP contribution in [0.4, 0.5) is 4.39 Å². The van der Waals surface area contributed by atoms with Crippen molar-refractivity contribution < 1.29 is 17.5 Å². The summed E-state index contributed by atoms with van der Waals surface area (Å²) in [6.07, 6.45) is 0.0524. The van der Waals surface area contributed by atoms with Crippen LogP contribution in [0.25, 0.3) is 0 Å². The van der Waals surface area contributed by atoms with Gasteiger partial charge < -0.3 is 15.4 Å². The third kappa shape index (κ3) is 7.75. The number of nitrogens with one attached hydrogen (secondary N) is 2. The van der Waals surface area contributed by atoms with Crippen molar-refractivity contribution in [2.24, 2.45) is 4.99 Å². The van der Waals surface area contributed by atoms with Gasteiger partial charge in [-0.25, -0.2) is 12.8 Å². The molecule has 2 rings (SSSR count). The summed E-state index contributed by atoms with van der Waals surface area (Å²) in [5.41, 5.74) is 2.07. The number of sulfone groups is 1. The first-order chi connectivity index (χ1) is 13.7. The minimum absolute atomic E-state index is 0. The minimum Gasteiger partial charge on any atom is -0.491 e. The van der Waals surface area contributed by atoms with Crippen molar-refractivity contribution in [2.45, 2.75) is 38.3 Å². The summed E-state index contributed by atoms with van der Waals surface area (Å²) in [7, 11) is -2.13. The zero-order chi connectivity index (χ0) is 21.4. The summed E-state index contributed by atoms with van der Waals surface area (Å²) in [6, 6.07) is 11.3. The third-order valence-corrected chi connectivity index (χ3v) is 5.83. The van der Waals surface area contributed by atoms with Crippen LogP contribution in [-0.2, 0) is 16.4 Å².